The second kappa shape index (κ2) is 15.0. The maximum atomic E-state index is 13.7. The van der Waals surface area contributed by atoms with Gasteiger partial charge in [-0.15, -0.1) is 0 Å². The van der Waals surface area contributed by atoms with Crippen molar-refractivity contribution in [2.45, 2.75) is 78.0 Å². The fourth-order valence-corrected chi connectivity index (χ4v) is 4.55. The first-order valence-corrected chi connectivity index (χ1v) is 13.9. The van der Waals surface area contributed by atoms with Gasteiger partial charge in [-0.05, 0) is 62.8 Å². The summed E-state index contributed by atoms with van der Waals surface area (Å²) in [5.41, 5.74) is 12.2. The molecule has 1 heterocycles. The van der Waals surface area contributed by atoms with E-state index in [4.69, 9.17) is 15.3 Å². The SMILES string of the molecule is CC(C)C[C@@H](C(=O)NN(CC1CC1)C(=O)[C@@H](C)N)[C@H](CC=Cc1ccccc1)C(=O)NOC1CCCCO1. The van der Waals surface area contributed by atoms with Crippen LogP contribution in [0.4, 0.5) is 0 Å². The van der Waals surface area contributed by atoms with Gasteiger partial charge in [0.05, 0.1) is 17.9 Å². The van der Waals surface area contributed by atoms with Crippen molar-refractivity contribution in [3.8, 4) is 0 Å². The van der Waals surface area contributed by atoms with E-state index in [0.29, 0.717) is 38.3 Å². The van der Waals surface area contributed by atoms with Crippen LogP contribution < -0.4 is 16.6 Å². The molecule has 2 aliphatic rings. The molecular weight excluding hydrogens is 484 g/mol. The molecule has 9 nitrogen and oxygen atoms in total. The summed E-state index contributed by atoms with van der Waals surface area (Å²) in [4.78, 5) is 45.5. The Kier molecular flexibility index (Phi) is 11.8. The Bertz CT molecular complexity index is 926. The van der Waals surface area contributed by atoms with Crippen molar-refractivity contribution in [3.63, 3.8) is 0 Å². The topological polar surface area (TPSA) is 123 Å². The summed E-state index contributed by atoms with van der Waals surface area (Å²) in [7, 11) is 0. The van der Waals surface area contributed by atoms with Crippen LogP contribution in [0.5, 0.6) is 0 Å². The van der Waals surface area contributed by atoms with E-state index < -0.39 is 24.2 Å². The lowest BCUT2D eigenvalue weighted by Crippen LogP contribution is -2.55. The van der Waals surface area contributed by atoms with E-state index in [1.54, 1.807) is 6.92 Å². The van der Waals surface area contributed by atoms with Gasteiger partial charge in [-0.1, -0.05) is 56.3 Å². The van der Waals surface area contributed by atoms with E-state index in [9.17, 15) is 14.4 Å². The zero-order valence-electron chi connectivity index (χ0n) is 22.9. The second-order valence-corrected chi connectivity index (χ2v) is 10.9. The summed E-state index contributed by atoms with van der Waals surface area (Å²) < 4.78 is 5.58. The van der Waals surface area contributed by atoms with E-state index >= 15 is 0 Å². The minimum atomic E-state index is -0.741. The molecule has 1 saturated heterocycles. The van der Waals surface area contributed by atoms with Crippen molar-refractivity contribution >= 4 is 23.8 Å². The molecule has 0 radical (unpaired) electrons. The zero-order chi connectivity index (χ0) is 27.5. The van der Waals surface area contributed by atoms with E-state index in [-0.39, 0.29) is 23.6 Å². The van der Waals surface area contributed by atoms with Gasteiger partial charge in [0.15, 0.2) is 6.29 Å². The van der Waals surface area contributed by atoms with Crippen molar-refractivity contribution in [1.29, 1.82) is 0 Å². The summed E-state index contributed by atoms with van der Waals surface area (Å²) in [5, 5.41) is 1.35. The number of ether oxygens (including phenoxy) is 1. The minimum absolute atomic E-state index is 0.141. The average Bonchev–Trinajstić information content (AvgIpc) is 3.73. The average molecular weight is 529 g/mol. The Labute approximate surface area is 226 Å². The van der Waals surface area contributed by atoms with E-state index in [0.717, 1.165) is 31.2 Å². The maximum absolute atomic E-state index is 13.7. The number of benzene rings is 1. The highest BCUT2D eigenvalue weighted by atomic mass is 16.8. The number of nitrogens with zero attached hydrogens (tertiary/aromatic N) is 1. The molecule has 4 N–H and O–H groups in total. The molecule has 9 heteroatoms. The molecule has 1 aromatic carbocycles. The highest BCUT2D eigenvalue weighted by Gasteiger charge is 2.37. The van der Waals surface area contributed by atoms with Crippen molar-refractivity contribution in [3.05, 3.63) is 42.0 Å². The summed E-state index contributed by atoms with van der Waals surface area (Å²) in [5.74, 6) is -1.99. The highest BCUT2D eigenvalue weighted by Crippen LogP contribution is 2.30. The number of nitrogens with two attached hydrogens (primary N) is 1. The highest BCUT2D eigenvalue weighted by molar-refractivity contribution is 5.89. The molecule has 1 aliphatic carbocycles. The van der Waals surface area contributed by atoms with Crippen molar-refractivity contribution in [2.75, 3.05) is 13.2 Å². The molecule has 4 atom stereocenters. The fraction of sp³-hybridized carbons (Fsp3) is 0.621. The first-order valence-electron chi connectivity index (χ1n) is 13.9. The molecule has 0 spiro atoms. The van der Waals surface area contributed by atoms with E-state index in [1.807, 2.05) is 56.3 Å². The third-order valence-corrected chi connectivity index (χ3v) is 6.85. The number of hydroxylamine groups is 1. The van der Waals surface area contributed by atoms with Gasteiger partial charge in [-0.3, -0.25) is 24.8 Å². The number of hydrogen-bond donors (Lipinski definition) is 3. The van der Waals surface area contributed by atoms with Gasteiger partial charge in [0.2, 0.25) is 11.8 Å². The molecule has 38 heavy (non-hydrogen) atoms. The second-order valence-electron chi connectivity index (χ2n) is 10.9. The number of carbonyl (C=O) groups is 3. The van der Waals surface area contributed by atoms with Crippen molar-refractivity contribution in [2.24, 2.45) is 29.4 Å². The zero-order valence-corrected chi connectivity index (χ0v) is 22.9. The van der Waals surface area contributed by atoms with Crippen LogP contribution in [-0.4, -0.2) is 48.2 Å². The maximum Gasteiger partial charge on any atom is 0.257 e. The number of amides is 3. The fourth-order valence-electron chi connectivity index (χ4n) is 4.55. The number of carbonyl (C=O) groups excluding carboxylic acids is 3. The molecule has 1 saturated carbocycles. The third-order valence-electron chi connectivity index (χ3n) is 6.85. The van der Waals surface area contributed by atoms with Crippen LogP contribution in [-0.2, 0) is 24.0 Å². The Hall–Kier alpha value is -2.75. The predicted octanol–water partition coefficient (Wildman–Crippen LogP) is 3.56. The Morgan fingerprint density at radius 2 is 1.82 bits per heavy atom. The van der Waals surface area contributed by atoms with Crippen LogP contribution in [0.15, 0.2) is 36.4 Å². The van der Waals surface area contributed by atoms with Crippen molar-refractivity contribution < 1.29 is 24.0 Å². The number of rotatable bonds is 13. The van der Waals surface area contributed by atoms with Gasteiger partial charge in [-0.25, -0.2) is 10.3 Å². The summed E-state index contributed by atoms with van der Waals surface area (Å²) >= 11 is 0. The van der Waals surface area contributed by atoms with Gasteiger partial charge in [0.25, 0.3) is 5.91 Å². The monoisotopic (exact) mass is 528 g/mol. The van der Waals surface area contributed by atoms with Gasteiger partial charge in [0.1, 0.15) is 0 Å². The smallest absolute Gasteiger partial charge is 0.257 e. The first-order chi connectivity index (χ1) is 18.2. The molecule has 210 valence electrons. The molecule has 3 amide bonds. The first kappa shape index (κ1) is 29.8. The molecule has 0 aromatic heterocycles. The molecular formula is C29H44N4O5. The normalized spacial score (nSPS) is 20.1. The lowest BCUT2D eigenvalue weighted by Gasteiger charge is -2.31. The van der Waals surface area contributed by atoms with E-state index in [1.165, 1.54) is 5.01 Å². The van der Waals surface area contributed by atoms with Crippen LogP contribution in [0.3, 0.4) is 0 Å². The molecule has 3 rings (SSSR count). The van der Waals surface area contributed by atoms with Crippen LogP contribution in [0.1, 0.15) is 71.3 Å². The molecule has 1 aromatic rings. The minimum Gasteiger partial charge on any atom is -0.350 e. The summed E-state index contributed by atoms with van der Waals surface area (Å²) in [6, 6.07) is 9.04. The third kappa shape index (κ3) is 9.85. The van der Waals surface area contributed by atoms with Crippen LogP contribution in [0.25, 0.3) is 6.08 Å². The van der Waals surface area contributed by atoms with Crippen LogP contribution in [0, 0.1) is 23.7 Å². The number of hydrazine groups is 1. The standard InChI is InChI=1S/C29H44N4O5/c1-20(2)18-25(27(34)31-33(19-23-15-16-23)29(36)21(3)30)24(13-9-12-22-10-5-4-6-11-22)28(35)32-38-26-14-7-8-17-37-26/h4-6,9-12,20-21,23-26H,7-8,13-19,30H2,1-3H3,(H,31,34)(H,32,35)/t21-,24+,25-,26?/m1/s1. The summed E-state index contributed by atoms with van der Waals surface area (Å²) in [6.45, 7) is 6.64. The largest absolute Gasteiger partial charge is 0.350 e. The Balaban J connectivity index is 1.78. The molecule has 0 bridgehead atoms. The van der Waals surface area contributed by atoms with Gasteiger partial charge in [-0.2, -0.15) is 0 Å². The van der Waals surface area contributed by atoms with E-state index in [2.05, 4.69) is 10.9 Å². The molecule has 1 aliphatic heterocycles. The summed E-state index contributed by atoms with van der Waals surface area (Å²) in [6.07, 6.45) is 8.81. The molecule has 2 fully saturated rings. The van der Waals surface area contributed by atoms with Crippen LogP contribution >= 0.6 is 0 Å². The Morgan fingerprint density at radius 1 is 1.08 bits per heavy atom. The quantitative estimate of drug-likeness (QED) is 0.337. The number of hydrogen-bond acceptors (Lipinski definition) is 6. The van der Waals surface area contributed by atoms with Crippen LogP contribution in [0.2, 0.25) is 0 Å². The van der Waals surface area contributed by atoms with Gasteiger partial charge >= 0.3 is 0 Å². The van der Waals surface area contributed by atoms with Crippen molar-refractivity contribution in [1.82, 2.24) is 15.9 Å². The predicted molar refractivity (Wildman–Crippen MR) is 146 cm³/mol. The van der Waals surface area contributed by atoms with Gasteiger partial charge in [0, 0.05) is 19.6 Å². The molecule has 1 unspecified atom stereocenters. The Morgan fingerprint density at radius 3 is 2.42 bits per heavy atom. The van der Waals surface area contributed by atoms with Gasteiger partial charge < -0.3 is 10.5 Å². The number of nitrogens with one attached hydrogen (secondary N) is 2. The number of allylic oxidation sites excluding steroid dienone is 1. The lowest BCUT2D eigenvalue weighted by molar-refractivity contribution is -0.203. The lowest BCUT2D eigenvalue weighted by atomic mass is 9.82.